The Morgan fingerprint density at radius 2 is 2.12 bits per heavy atom. The quantitative estimate of drug-likeness (QED) is 0.651. The number of nitrogens with one attached hydrogen (secondary N) is 1. The van der Waals surface area contributed by atoms with Crippen LogP contribution in [0, 0.1) is 5.92 Å². The SMILES string of the molecule is CCOC(=O)C1C(=O)NC2CCC(=O)CC21c1ccc2c(c1)OCO2. The van der Waals surface area contributed by atoms with Crippen molar-refractivity contribution in [3.8, 4) is 11.5 Å². The third kappa shape index (κ3) is 2.29. The van der Waals surface area contributed by atoms with Crippen LogP contribution in [0.2, 0.25) is 0 Å². The highest BCUT2D eigenvalue weighted by molar-refractivity contribution is 6.03. The number of rotatable bonds is 3. The predicted octanol–water partition coefficient (Wildman–Crippen LogP) is 1.08. The molecule has 7 heteroatoms. The molecule has 2 heterocycles. The first-order chi connectivity index (χ1) is 12.1. The lowest BCUT2D eigenvalue weighted by Gasteiger charge is -2.40. The van der Waals surface area contributed by atoms with Crippen molar-refractivity contribution in [1.29, 1.82) is 0 Å². The first-order valence-electron chi connectivity index (χ1n) is 8.45. The smallest absolute Gasteiger partial charge is 0.319 e. The molecule has 1 amide bonds. The Bertz CT molecular complexity index is 760. The number of ether oxygens (including phenoxy) is 3. The van der Waals surface area contributed by atoms with Gasteiger partial charge < -0.3 is 19.5 Å². The van der Waals surface area contributed by atoms with Crippen LogP contribution in [0.4, 0.5) is 0 Å². The van der Waals surface area contributed by atoms with Gasteiger partial charge in [0.05, 0.1) is 6.61 Å². The second kappa shape index (κ2) is 5.75. The molecule has 0 bridgehead atoms. The van der Waals surface area contributed by atoms with E-state index in [-0.39, 0.29) is 37.6 Å². The third-order valence-electron chi connectivity index (χ3n) is 5.35. The molecule has 7 nitrogen and oxygen atoms in total. The molecule has 0 radical (unpaired) electrons. The first-order valence-corrected chi connectivity index (χ1v) is 8.45. The maximum atomic E-state index is 12.6. The largest absolute Gasteiger partial charge is 0.465 e. The van der Waals surface area contributed by atoms with Crippen LogP contribution < -0.4 is 14.8 Å². The summed E-state index contributed by atoms with van der Waals surface area (Å²) in [6.45, 7) is 2.01. The molecule has 1 aliphatic carbocycles. The van der Waals surface area contributed by atoms with E-state index in [1.165, 1.54) is 0 Å². The van der Waals surface area contributed by atoms with E-state index in [1.54, 1.807) is 19.1 Å². The molecule has 1 saturated carbocycles. The van der Waals surface area contributed by atoms with Crippen molar-refractivity contribution in [2.24, 2.45) is 5.92 Å². The second-order valence-corrected chi connectivity index (χ2v) is 6.61. The number of carbonyl (C=O) groups excluding carboxylic acids is 3. The third-order valence-corrected chi connectivity index (χ3v) is 5.35. The summed E-state index contributed by atoms with van der Waals surface area (Å²) >= 11 is 0. The Morgan fingerprint density at radius 3 is 2.92 bits per heavy atom. The van der Waals surface area contributed by atoms with E-state index >= 15 is 0 Å². The number of ketones is 1. The van der Waals surface area contributed by atoms with Crippen LogP contribution in [0.5, 0.6) is 11.5 Å². The minimum Gasteiger partial charge on any atom is -0.465 e. The summed E-state index contributed by atoms with van der Waals surface area (Å²) in [7, 11) is 0. The van der Waals surface area contributed by atoms with Crippen molar-refractivity contribution in [3.63, 3.8) is 0 Å². The Balaban J connectivity index is 1.85. The molecule has 2 aliphatic heterocycles. The summed E-state index contributed by atoms with van der Waals surface area (Å²) in [4.78, 5) is 37.5. The van der Waals surface area contributed by atoms with Gasteiger partial charge in [0.1, 0.15) is 11.7 Å². The molecule has 3 unspecified atom stereocenters. The zero-order valence-corrected chi connectivity index (χ0v) is 13.9. The normalized spacial score (nSPS) is 30.0. The van der Waals surface area contributed by atoms with Crippen molar-refractivity contribution < 1.29 is 28.6 Å². The number of benzene rings is 1. The fraction of sp³-hybridized carbons (Fsp3) is 0.500. The average molecular weight is 345 g/mol. The molecule has 132 valence electrons. The maximum Gasteiger partial charge on any atom is 0.319 e. The highest BCUT2D eigenvalue weighted by atomic mass is 16.7. The zero-order chi connectivity index (χ0) is 17.6. The number of Topliss-reactive ketones (excluding diaryl/α,β-unsaturated/α-hetero) is 1. The summed E-state index contributed by atoms with van der Waals surface area (Å²) in [5.74, 6) is -0.790. The molecule has 1 aromatic carbocycles. The first kappa shape index (κ1) is 15.9. The topological polar surface area (TPSA) is 90.9 Å². The van der Waals surface area contributed by atoms with Crippen molar-refractivity contribution in [2.75, 3.05) is 13.4 Å². The van der Waals surface area contributed by atoms with Gasteiger partial charge in [-0.15, -0.1) is 0 Å². The van der Waals surface area contributed by atoms with Gasteiger partial charge in [0, 0.05) is 24.3 Å². The molecule has 1 saturated heterocycles. The van der Waals surface area contributed by atoms with E-state index in [0.717, 1.165) is 5.56 Å². The molecule has 0 aromatic heterocycles. The van der Waals surface area contributed by atoms with Crippen LogP contribution in [0.25, 0.3) is 0 Å². The molecule has 3 aliphatic rings. The lowest BCUT2D eigenvalue weighted by molar-refractivity contribution is -0.153. The van der Waals surface area contributed by atoms with Gasteiger partial charge in [-0.2, -0.15) is 0 Å². The van der Waals surface area contributed by atoms with Crippen LogP contribution in [-0.4, -0.2) is 37.1 Å². The van der Waals surface area contributed by atoms with Crippen LogP contribution in [0.1, 0.15) is 31.7 Å². The van der Waals surface area contributed by atoms with Crippen molar-refractivity contribution in [2.45, 2.75) is 37.6 Å². The number of hydrogen-bond acceptors (Lipinski definition) is 6. The Hall–Kier alpha value is -2.57. The maximum absolute atomic E-state index is 12.6. The van der Waals surface area contributed by atoms with Gasteiger partial charge in [-0.3, -0.25) is 14.4 Å². The number of carbonyl (C=O) groups is 3. The molecule has 3 atom stereocenters. The summed E-state index contributed by atoms with van der Waals surface area (Å²) in [6, 6.07) is 5.06. The predicted molar refractivity (Wildman–Crippen MR) is 85.2 cm³/mol. The summed E-state index contributed by atoms with van der Waals surface area (Å²) in [5, 5.41) is 2.91. The van der Waals surface area contributed by atoms with Gasteiger partial charge in [0.25, 0.3) is 0 Å². The van der Waals surface area contributed by atoms with Gasteiger partial charge in [0.15, 0.2) is 11.5 Å². The highest BCUT2D eigenvalue weighted by Crippen LogP contribution is 2.50. The lowest BCUT2D eigenvalue weighted by Crippen LogP contribution is -2.50. The van der Waals surface area contributed by atoms with Gasteiger partial charge in [0.2, 0.25) is 12.7 Å². The minimum atomic E-state index is -1.04. The molecule has 2 fully saturated rings. The fourth-order valence-electron chi connectivity index (χ4n) is 4.29. The van der Waals surface area contributed by atoms with Crippen LogP contribution in [0.15, 0.2) is 18.2 Å². The van der Waals surface area contributed by atoms with E-state index in [9.17, 15) is 14.4 Å². The molecule has 1 N–H and O–H groups in total. The van der Waals surface area contributed by atoms with Crippen LogP contribution in [-0.2, 0) is 24.5 Å². The molecule has 0 spiro atoms. The Labute approximate surface area is 144 Å². The number of esters is 1. The summed E-state index contributed by atoms with van der Waals surface area (Å²) < 4.78 is 15.9. The van der Waals surface area contributed by atoms with Crippen LogP contribution in [0.3, 0.4) is 0 Å². The van der Waals surface area contributed by atoms with Crippen LogP contribution >= 0.6 is 0 Å². The van der Waals surface area contributed by atoms with Crippen molar-refractivity contribution >= 4 is 17.7 Å². The van der Waals surface area contributed by atoms with E-state index in [2.05, 4.69) is 5.32 Å². The van der Waals surface area contributed by atoms with E-state index in [4.69, 9.17) is 14.2 Å². The van der Waals surface area contributed by atoms with E-state index < -0.39 is 17.3 Å². The van der Waals surface area contributed by atoms with Gasteiger partial charge in [-0.25, -0.2) is 0 Å². The average Bonchev–Trinajstić information content (AvgIpc) is 3.15. The minimum absolute atomic E-state index is 0.0414. The van der Waals surface area contributed by atoms with Gasteiger partial charge >= 0.3 is 5.97 Å². The highest BCUT2D eigenvalue weighted by Gasteiger charge is 2.62. The van der Waals surface area contributed by atoms with Gasteiger partial charge in [-0.05, 0) is 31.0 Å². The standard InChI is InChI=1S/C18H19NO6/c1-2-23-17(22)15-16(21)19-14-6-4-11(20)8-18(14,15)10-3-5-12-13(7-10)25-9-24-12/h3,5,7,14-15H,2,4,6,8-9H2,1H3,(H,19,21). The molecular formula is C18H19NO6. The van der Waals surface area contributed by atoms with Crippen molar-refractivity contribution in [3.05, 3.63) is 23.8 Å². The molecule has 4 rings (SSSR count). The fourth-order valence-corrected chi connectivity index (χ4v) is 4.29. The monoisotopic (exact) mass is 345 g/mol. The number of hydrogen-bond donors (Lipinski definition) is 1. The molecular weight excluding hydrogens is 326 g/mol. The molecule has 1 aromatic rings. The lowest BCUT2D eigenvalue weighted by atomic mass is 9.61. The zero-order valence-electron chi connectivity index (χ0n) is 13.9. The van der Waals surface area contributed by atoms with Gasteiger partial charge in [-0.1, -0.05) is 6.07 Å². The summed E-state index contributed by atoms with van der Waals surface area (Å²) in [5.41, 5.74) is -0.217. The van der Waals surface area contributed by atoms with E-state index in [0.29, 0.717) is 24.3 Å². The Morgan fingerprint density at radius 1 is 1.32 bits per heavy atom. The van der Waals surface area contributed by atoms with Crippen molar-refractivity contribution in [1.82, 2.24) is 5.32 Å². The number of fused-ring (bicyclic) bond motifs is 2. The Kier molecular flexibility index (Phi) is 3.67. The summed E-state index contributed by atoms with van der Waals surface area (Å²) in [6.07, 6.45) is 1.03. The molecule has 25 heavy (non-hydrogen) atoms. The second-order valence-electron chi connectivity index (χ2n) is 6.61. The van der Waals surface area contributed by atoms with E-state index in [1.807, 2.05) is 6.07 Å². The number of amides is 1.